The molecular formula is C10H21NO5S. The van der Waals surface area contributed by atoms with Crippen molar-refractivity contribution in [2.75, 3.05) is 12.9 Å². The Balaban J connectivity index is 4.81. The van der Waals surface area contributed by atoms with Gasteiger partial charge in [-0.15, -0.1) is 0 Å². The molecule has 1 atom stereocenters. The number of methoxy groups -OCH3 is 1. The summed E-state index contributed by atoms with van der Waals surface area (Å²) >= 11 is 0. The Bertz CT molecular complexity index is 361. The van der Waals surface area contributed by atoms with E-state index in [4.69, 9.17) is 9.84 Å². The van der Waals surface area contributed by atoms with Crippen LogP contribution in [0.4, 0.5) is 0 Å². The van der Waals surface area contributed by atoms with Crippen LogP contribution in [0, 0.1) is 5.92 Å². The van der Waals surface area contributed by atoms with Crippen molar-refractivity contribution < 1.29 is 23.1 Å². The van der Waals surface area contributed by atoms with E-state index < -0.39 is 27.6 Å². The molecular weight excluding hydrogens is 246 g/mol. The molecule has 0 amide bonds. The maximum atomic E-state index is 11.8. The summed E-state index contributed by atoms with van der Waals surface area (Å²) in [6.45, 7) is 6.53. The number of carboxylic acid groups (broad SMARTS) is 1. The molecule has 0 aromatic heterocycles. The summed E-state index contributed by atoms with van der Waals surface area (Å²) in [5, 5.41) is 8.90. The van der Waals surface area contributed by atoms with Gasteiger partial charge in [-0.1, -0.05) is 13.8 Å². The average Bonchev–Trinajstić information content (AvgIpc) is 2.12. The highest BCUT2D eigenvalue weighted by atomic mass is 32.2. The van der Waals surface area contributed by atoms with E-state index in [1.54, 1.807) is 27.7 Å². The van der Waals surface area contributed by atoms with Crippen LogP contribution < -0.4 is 4.72 Å². The largest absolute Gasteiger partial charge is 0.480 e. The first kappa shape index (κ1) is 16.3. The lowest BCUT2D eigenvalue weighted by atomic mass is 10.1. The molecule has 0 aliphatic heterocycles. The van der Waals surface area contributed by atoms with Gasteiger partial charge in [0.2, 0.25) is 10.0 Å². The second-order valence-corrected chi connectivity index (χ2v) is 6.65. The molecule has 0 aliphatic rings. The van der Waals surface area contributed by atoms with Gasteiger partial charge in [-0.25, -0.2) is 13.1 Å². The minimum atomic E-state index is -3.70. The second kappa shape index (κ2) is 5.79. The third kappa shape index (κ3) is 5.99. The van der Waals surface area contributed by atoms with Gasteiger partial charge in [0.15, 0.2) is 0 Å². The fraction of sp³-hybridized carbons (Fsp3) is 0.900. The molecule has 102 valence electrons. The number of ether oxygens (including phenoxy) is 1. The van der Waals surface area contributed by atoms with Crippen LogP contribution in [0.2, 0.25) is 0 Å². The summed E-state index contributed by atoms with van der Waals surface area (Å²) in [7, 11) is -2.29. The van der Waals surface area contributed by atoms with Gasteiger partial charge < -0.3 is 9.84 Å². The lowest BCUT2D eigenvalue weighted by Gasteiger charge is -2.25. The van der Waals surface area contributed by atoms with Gasteiger partial charge in [0, 0.05) is 7.11 Å². The van der Waals surface area contributed by atoms with Gasteiger partial charge in [0.05, 0.1) is 11.4 Å². The molecule has 0 aliphatic carbocycles. The standard InChI is InChI=1S/C10H21NO5S/c1-7(2)8(9(12)13)11-17(14,15)6-10(3,4)16-5/h7-8,11H,6H2,1-5H3,(H,12,13)/t8-/m0/s1. The lowest BCUT2D eigenvalue weighted by molar-refractivity contribution is -0.140. The first-order chi connectivity index (χ1) is 7.51. The number of carbonyl (C=O) groups is 1. The van der Waals surface area contributed by atoms with Crippen molar-refractivity contribution in [2.24, 2.45) is 5.92 Å². The van der Waals surface area contributed by atoms with Crippen LogP contribution in [0.1, 0.15) is 27.7 Å². The van der Waals surface area contributed by atoms with Gasteiger partial charge in [-0.2, -0.15) is 0 Å². The molecule has 0 radical (unpaired) electrons. The highest BCUT2D eigenvalue weighted by Gasteiger charge is 2.31. The van der Waals surface area contributed by atoms with Crippen molar-refractivity contribution in [3.05, 3.63) is 0 Å². The molecule has 0 fully saturated rings. The highest BCUT2D eigenvalue weighted by molar-refractivity contribution is 7.89. The molecule has 17 heavy (non-hydrogen) atoms. The highest BCUT2D eigenvalue weighted by Crippen LogP contribution is 2.12. The average molecular weight is 267 g/mol. The Kier molecular flexibility index (Phi) is 5.57. The number of hydrogen-bond donors (Lipinski definition) is 2. The lowest BCUT2D eigenvalue weighted by Crippen LogP contribution is -2.48. The van der Waals surface area contributed by atoms with Crippen LogP contribution in [-0.2, 0) is 19.6 Å². The predicted octanol–water partition coefficient (Wildman–Crippen LogP) is 0.440. The topological polar surface area (TPSA) is 92.7 Å². The van der Waals surface area contributed by atoms with E-state index in [9.17, 15) is 13.2 Å². The van der Waals surface area contributed by atoms with Gasteiger partial charge in [0.1, 0.15) is 6.04 Å². The monoisotopic (exact) mass is 267 g/mol. The third-order valence-corrected chi connectivity index (χ3v) is 4.02. The zero-order valence-electron chi connectivity index (χ0n) is 10.9. The number of rotatable bonds is 7. The Morgan fingerprint density at radius 1 is 1.41 bits per heavy atom. The number of aliphatic carboxylic acids is 1. The van der Waals surface area contributed by atoms with Crippen molar-refractivity contribution in [3.63, 3.8) is 0 Å². The van der Waals surface area contributed by atoms with Gasteiger partial charge in [-0.05, 0) is 19.8 Å². The molecule has 6 nitrogen and oxygen atoms in total. The molecule has 0 heterocycles. The normalized spacial score (nSPS) is 14.9. The molecule has 0 aromatic rings. The zero-order valence-corrected chi connectivity index (χ0v) is 11.7. The second-order valence-electron chi connectivity index (χ2n) is 4.90. The minimum absolute atomic E-state index is 0.285. The summed E-state index contributed by atoms with van der Waals surface area (Å²) < 4.78 is 30.7. The molecule has 0 rings (SSSR count). The smallest absolute Gasteiger partial charge is 0.321 e. The van der Waals surface area contributed by atoms with Crippen molar-refractivity contribution in [1.29, 1.82) is 0 Å². The molecule has 0 bridgehead atoms. The molecule has 2 N–H and O–H groups in total. The maximum absolute atomic E-state index is 11.8. The number of carboxylic acids is 1. The predicted molar refractivity (Wildman–Crippen MR) is 64.3 cm³/mol. The van der Waals surface area contributed by atoms with E-state index in [-0.39, 0.29) is 11.7 Å². The molecule has 0 spiro atoms. The van der Waals surface area contributed by atoms with Crippen LogP contribution in [0.5, 0.6) is 0 Å². The van der Waals surface area contributed by atoms with Crippen LogP contribution in [0.25, 0.3) is 0 Å². The third-order valence-electron chi connectivity index (χ3n) is 2.33. The Hall–Kier alpha value is -0.660. The van der Waals surface area contributed by atoms with Crippen LogP contribution in [0.15, 0.2) is 0 Å². The van der Waals surface area contributed by atoms with Gasteiger partial charge in [-0.3, -0.25) is 4.79 Å². The van der Waals surface area contributed by atoms with Crippen molar-refractivity contribution in [3.8, 4) is 0 Å². The molecule has 0 unspecified atom stereocenters. The van der Waals surface area contributed by atoms with E-state index in [1.807, 2.05) is 0 Å². The van der Waals surface area contributed by atoms with E-state index in [2.05, 4.69) is 4.72 Å². The van der Waals surface area contributed by atoms with E-state index in [0.717, 1.165) is 0 Å². The van der Waals surface area contributed by atoms with Crippen LogP contribution in [0.3, 0.4) is 0 Å². The summed E-state index contributed by atoms with van der Waals surface area (Å²) in [6.07, 6.45) is 0. The summed E-state index contributed by atoms with van der Waals surface area (Å²) in [5.74, 6) is -1.79. The minimum Gasteiger partial charge on any atom is -0.480 e. The van der Waals surface area contributed by atoms with E-state index in [1.165, 1.54) is 7.11 Å². The Morgan fingerprint density at radius 3 is 2.18 bits per heavy atom. The number of sulfonamides is 1. The van der Waals surface area contributed by atoms with Gasteiger partial charge >= 0.3 is 5.97 Å². The Labute approximate surface area is 102 Å². The van der Waals surface area contributed by atoms with Crippen LogP contribution in [-0.4, -0.2) is 44.0 Å². The van der Waals surface area contributed by atoms with Crippen molar-refractivity contribution in [2.45, 2.75) is 39.3 Å². The molecule has 0 saturated heterocycles. The van der Waals surface area contributed by atoms with Crippen LogP contribution >= 0.6 is 0 Å². The quantitative estimate of drug-likeness (QED) is 0.698. The molecule has 7 heteroatoms. The number of hydrogen-bond acceptors (Lipinski definition) is 4. The summed E-state index contributed by atoms with van der Waals surface area (Å²) in [5.41, 5.74) is -0.855. The maximum Gasteiger partial charge on any atom is 0.321 e. The van der Waals surface area contributed by atoms with E-state index in [0.29, 0.717) is 0 Å². The first-order valence-corrected chi connectivity index (χ1v) is 6.94. The van der Waals surface area contributed by atoms with Gasteiger partial charge in [0.25, 0.3) is 0 Å². The molecule has 0 aromatic carbocycles. The Morgan fingerprint density at radius 2 is 1.88 bits per heavy atom. The summed E-state index contributed by atoms with van der Waals surface area (Å²) in [4.78, 5) is 10.9. The molecule has 0 saturated carbocycles. The fourth-order valence-electron chi connectivity index (χ4n) is 1.22. The van der Waals surface area contributed by atoms with Crippen molar-refractivity contribution in [1.82, 2.24) is 4.72 Å². The van der Waals surface area contributed by atoms with Crippen molar-refractivity contribution >= 4 is 16.0 Å². The number of nitrogens with one attached hydrogen (secondary N) is 1. The zero-order chi connectivity index (χ0) is 13.9. The SMILES string of the molecule is COC(C)(C)CS(=O)(=O)N[C@H](C(=O)O)C(C)C. The van der Waals surface area contributed by atoms with E-state index >= 15 is 0 Å². The first-order valence-electron chi connectivity index (χ1n) is 5.29. The fourth-order valence-corrected chi connectivity index (χ4v) is 3.10. The summed E-state index contributed by atoms with van der Waals surface area (Å²) in [6, 6.07) is -1.12.